The van der Waals surface area contributed by atoms with Gasteiger partial charge >= 0.3 is 0 Å². The van der Waals surface area contributed by atoms with Gasteiger partial charge in [-0.3, -0.25) is 14.5 Å². The molecule has 4 aliphatic rings. The predicted molar refractivity (Wildman–Crippen MR) is 112 cm³/mol. The van der Waals surface area contributed by atoms with Crippen molar-refractivity contribution in [2.45, 2.75) is 12.5 Å². The Morgan fingerprint density at radius 1 is 0.935 bits per heavy atom. The normalized spacial score (nSPS) is 32.6. The molecule has 7 nitrogen and oxygen atoms in total. The van der Waals surface area contributed by atoms with Crippen LogP contribution >= 0.6 is 0 Å². The number of nitrogens with zero attached hydrogens (tertiary/aromatic N) is 2. The summed E-state index contributed by atoms with van der Waals surface area (Å²) in [5, 5.41) is 4.41. The Morgan fingerprint density at radius 2 is 1.68 bits per heavy atom. The van der Waals surface area contributed by atoms with Crippen LogP contribution in [-0.4, -0.2) is 37.8 Å². The van der Waals surface area contributed by atoms with Crippen LogP contribution in [0, 0.1) is 29.6 Å². The molecule has 6 rings (SSSR count). The number of carbonyl (C=O) groups is 2. The van der Waals surface area contributed by atoms with Crippen LogP contribution in [0.15, 0.2) is 53.7 Å². The second-order valence-electron chi connectivity index (χ2n) is 8.60. The van der Waals surface area contributed by atoms with Gasteiger partial charge in [0.1, 0.15) is 17.6 Å². The highest BCUT2D eigenvalue weighted by molar-refractivity contribution is 6.23. The van der Waals surface area contributed by atoms with E-state index in [1.807, 2.05) is 48.5 Å². The van der Waals surface area contributed by atoms with Gasteiger partial charge < -0.3 is 14.3 Å². The first-order valence-electron chi connectivity index (χ1n) is 10.5. The summed E-state index contributed by atoms with van der Waals surface area (Å²) in [4.78, 5) is 33.9. The minimum Gasteiger partial charge on any atom is -0.497 e. The second-order valence-corrected chi connectivity index (χ2v) is 8.60. The number of amides is 2. The van der Waals surface area contributed by atoms with Gasteiger partial charge in [-0.15, -0.1) is 0 Å². The Hall–Kier alpha value is -3.35. The lowest BCUT2D eigenvalue weighted by atomic mass is 9.71. The van der Waals surface area contributed by atoms with Gasteiger partial charge in [-0.25, -0.2) is 0 Å². The number of benzene rings is 2. The monoisotopic (exact) mass is 418 g/mol. The summed E-state index contributed by atoms with van der Waals surface area (Å²) < 4.78 is 10.9. The first kappa shape index (κ1) is 18.4. The molecule has 0 spiro atoms. The number of imide groups is 1. The maximum absolute atomic E-state index is 13.4. The van der Waals surface area contributed by atoms with Crippen LogP contribution < -0.4 is 14.4 Å². The zero-order chi connectivity index (χ0) is 21.3. The summed E-state index contributed by atoms with van der Waals surface area (Å²) in [6.45, 7) is 0. The van der Waals surface area contributed by atoms with Crippen molar-refractivity contribution in [3.05, 3.63) is 54.1 Å². The molecule has 0 unspecified atom stereocenters. The third-order valence-corrected chi connectivity index (χ3v) is 7.39. The minimum absolute atomic E-state index is 0.00402. The molecule has 1 saturated heterocycles. The summed E-state index contributed by atoms with van der Waals surface area (Å²) in [7, 11) is 3.22. The molecular weight excluding hydrogens is 396 g/mol. The molecule has 2 aliphatic carbocycles. The smallest absolute Gasteiger partial charge is 0.238 e. The fourth-order valence-electron chi connectivity index (χ4n) is 6.19. The number of anilines is 1. The Morgan fingerprint density at radius 3 is 2.39 bits per heavy atom. The van der Waals surface area contributed by atoms with E-state index in [4.69, 9.17) is 14.3 Å². The molecule has 158 valence electrons. The molecule has 0 aromatic heterocycles. The zero-order valence-corrected chi connectivity index (χ0v) is 17.2. The number of rotatable bonds is 4. The van der Waals surface area contributed by atoms with Crippen LogP contribution in [-0.2, 0) is 14.4 Å². The van der Waals surface area contributed by atoms with E-state index in [1.54, 1.807) is 14.2 Å². The lowest BCUT2D eigenvalue weighted by Crippen LogP contribution is -2.41. The van der Waals surface area contributed by atoms with Crippen molar-refractivity contribution in [3.63, 3.8) is 0 Å². The fourth-order valence-corrected chi connectivity index (χ4v) is 6.19. The van der Waals surface area contributed by atoms with Gasteiger partial charge in [0, 0.05) is 23.5 Å². The molecule has 2 heterocycles. The van der Waals surface area contributed by atoms with Crippen molar-refractivity contribution in [2.24, 2.45) is 34.7 Å². The van der Waals surface area contributed by atoms with Crippen molar-refractivity contribution in [2.75, 3.05) is 19.1 Å². The summed E-state index contributed by atoms with van der Waals surface area (Å²) in [5.74, 6) is 0.490. The first-order chi connectivity index (χ1) is 15.1. The van der Waals surface area contributed by atoms with Gasteiger partial charge in [-0.05, 0) is 36.6 Å². The van der Waals surface area contributed by atoms with Gasteiger partial charge in [0.2, 0.25) is 11.8 Å². The highest BCUT2D eigenvalue weighted by Crippen LogP contribution is 2.62. The molecule has 0 N–H and O–H groups in total. The lowest BCUT2D eigenvalue weighted by Gasteiger charge is -2.30. The Labute approximate surface area is 179 Å². The number of hydrogen-bond acceptors (Lipinski definition) is 6. The summed E-state index contributed by atoms with van der Waals surface area (Å²) in [6.07, 6.45) is 0.628. The maximum atomic E-state index is 13.4. The van der Waals surface area contributed by atoms with Gasteiger partial charge in [-0.1, -0.05) is 23.4 Å². The van der Waals surface area contributed by atoms with E-state index in [2.05, 4.69) is 5.16 Å². The first-order valence-corrected chi connectivity index (χ1v) is 10.5. The molecule has 0 radical (unpaired) electrons. The predicted octanol–water partition coefficient (Wildman–Crippen LogP) is 2.88. The van der Waals surface area contributed by atoms with E-state index in [0.717, 1.165) is 17.7 Å². The SMILES string of the molecule is COc1ccc(C2=NO[C@@H]3[C@H]4C[C@H]([C@H]5C(=O)N(c6ccccc6)C(=O)[C@H]45)[C@H]23)c(OC)c1. The van der Waals surface area contributed by atoms with Crippen LogP contribution in [0.4, 0.5) is 5.69 Å². The number of methoxy groups -OCH3 is 2. The molecule has 3 fully saturated rings. The van der Waals surface area contributed by atoms with Crippen molar-refractivity contribution >= 4 is 23.2 Å². The third kappa shape index (κ3) is 2.37. The zero-order valence-electron chi connectivity index (χ0n) is 17.2. The molecule has 2 saturated carbocycles. The largest absolute Gasteiger partial charge is 0.497 e. The standard InChI is InChI=1S/C24H22N2O5/c1-29-13-8-9-14(17(10-13)30-2)21-20-15-11-16(22(20)31-25-21)19-18(15)23(27)26(24(19)28)12-6-4-3-5-7-12/h3-10,15-16,18-20,22H,11H2,1-2H3/t15-,16+,18-,19-,20-,22-/m1/s1. The number of fused-ring (bicyclic) bond motifs is 8. The topological polar surface area (TPSA) is 77.4 Å². The number of hydrogen-bond donors (Lipinski definition) is 0. The maximum Gasteiger partial charge on any atom is 0.238 e. The third-order valence-electron chi connectivity index (χ3n) is 7.39. The van der Waals surface area contributed by atoms with Crippen molar-refractivity contribution in [1.82, 2.24) is 0 Å². The van der Waals surface area contributed by atoms with E-state index in [1.165, 1.54) is 4.90 Å². The van der Waals surface area contributed by atoms with Crippen molar-refractivity contribution in [1.29, 1.82) is 0 Å². The summed E-state index contributed by atoms with van der Waals surface area (Å²) >= 11 is 0. The highest BCUT2D eigenvalue weighted by atomic mass is 16.6. The highest BCUT2D eigenvalue weighted by Gasteiger charge is 2.70. The van der Waals surface area contributed by atoms with E-state index in [-0.39, 0.29) is 47.5 Å². The number of para-hydroxylation sites is 1. The molecule has 2 aliphatic heterocycles. The van der Waals surface area contributed by atoms with Crippen molar-refractivity contribution in [3.8, 4) is 11.5 Å². The van der Waals surface area contributed by atoms with Crippen LogP contribution in [0.25, 0.3) is 0 Å². The molecule has 2 amide bonds. The van der Waals surface area contributed by atoms with E-state index >= 15 is 0 Å². The van der Waals surface area contributed by atoms with Gasteiger partial charge in [0.25, 0.3) is 0 Å². The quantitative estimate of drug-likeness (QED) is 0.714. The van der Waals surface area contributed by atoms with E-state index < -0.39 is 0 Å². The van der Waals surface area contributed by atoms with Crippen molar-refractivity contribution < 1.29 is 23.9 Å². The molecular formula is C24H22N2O5. The average molecular weight is 418 g/mol. The van der Waals surface area contributed by atoms with Gasteiger partial charge in [0.05, 0.1) is 37.5 Å². The Kier molecular flexibility index (Phi) is 3.91. The average Bonchev–Trinajstić information content (AvgIpc) is 3.54. The minimum atomic E-state index is -0.328. The van der Waals surface area contributed by atoms with Crippen LogP contribution in [0.2, 0.25) is 0 Å². The van der Waals surface area contributed by atoms with Crippen LogP contribution in [0.1, 0.15) is 12.0 Å². The Bertz CT molecular complexity index is 1110. The molecule has 2 bridgehead atoms. The number of ether oxygens (including phenoxy) is 2. The van der Waals surface area contributed by atoms with E-state index in [0.29, 0.717) is 17.2 Å². The van der Waals surface area contributed by atoms with E-state index in [9.17, 15) is 9.59 Å². The molecule has 2 aromatic rings. The Balaban J connectivity index is 1.36. The molecule has 7 heteroatoms. The van der Waals surface area contributed by atoms with Gasteiger partial charge in [-0.2, -0.15) is 0 Å². The van der Waals surface area contributed by atoms with Gasteiger partial charge in [0.15, 0.2) is 0 Å². The van der Waals surface area contributed by atoms with Crippen LogP contribution in [0.3, 0.4) is 0 Å². The summed E-state index contributed by atoms with van der Waals surface area (Å²) in [6, 6.07) is 14.8. The number of carbonyl (C=O) groups excluding carboxylic acids is 2. The number of oxime groups is 1. The molecule has 31 heavy (non-hydrogen) atoms. The summed E-state index contributed by atoms with van der Waals surface area (Å²) in [5.41, 5.74) is 2.29. The molecule has 2 aromatic carbocycles. The van der Waals surface area contributed by atoms with Crippen LogP contribution in [0.5, 0.6) is 11.5 Å². The lowest BCUT2D eigenvalue weighted by molar-refractivity contribution is -0.125. The fraction of sp³-hybridized carbons (Fsp3) is 0.375. The molecule has 6 atom stereocenters. The second kappa shape index (κ2) is 6.57.